The van der Waals surface area contributed by atoms with Gasteiger partial charge in [0.05, 0.1) is 29.6 Å². The first-order valence-corrected chi connectivity index (χ1v) is 11.7. The Labute approximate surface area is 204 Å². The van der Waals surface area contributed by atoms with Gasteiger partial charge in [-0.25, -0.2) is 0 Å². The number of alkyl halides is 3. The molecule has 3 rings (SSSR count). The van der Waals surface area contributed by atoms with E-state index in [4.69, 9.17) is 11.6 Å². The molecule has 1 amide bonds. The van der Waals surface area contributed by atoms with Crippen LogP contribution in [-0.2, 0) is 27.4 Å². The number of amides is 1. The molecule has 0 spiro atoms. The Hall–Kier alpha value is -3.51. The number of benzene rings is 1. The first-order chi connectivity index (χ1) is 16.4. The number of hydrogen-bond donors (Lipinski definition) is 1. The van der Waals surface area contributed by atoms with E-state index >= 15 is 0 Å². The van der Waals surface area contributed by atoms with Crippen LogP contribution >= 0.6 is 11.6 Å². The molecule has 1 aromatic carbocycles. The number of carbonyl (C=O) groups excluding carboxylic acids is 1. The van der Waals surface area contributed by atoms with Crippen molar-refractivity contribution in [2.45, 2.75) is 17.5 Å². The lowest BCUT2D eigenvalue weighted by Crippen LogP contribution is -2.16. The molecule has 8 nitrogen and oxygen atoms in total. The van der Waals surface area contributed by atoms with Gasteiger partial charge in [-0.05, 0) is 23.8 Å². The zero-order valence-electron chi connectivity index (χ0n) is 18.4. The average Bonchev–Trinajstić information content (AvgIpc) is 2.79. The van der Waals surface area contributed by atoms with Gasteiger partial charge in [-0.2, -0.15) is 21.6 Å². The van der Waals surface area contributed by atoms with E-state index < -0.39 is 32.6 Å². The molecule has 13 heteroatoms. The summed E-state index contributed by atoms with van der Waals surface area (Å²) in [5.74, 6) is -0.506. The molecule has 0 aliphatic rings. The summed E-state index contributed by atoms with van der Waals surface area (Å²) in [4.78, 5) is 21.0. The van der Waals surface area contributed by atoms with Crippen molar-refractivity contribution >= 4 is 39.6 Å². The largest absolute Gasteiger partial charge is 0.417 e. The van der Waals surface area contributed by atoms with E-state index in [1.807, 2.05) is 0 Å². The molecule has 1 N–H and O–H groups in total. The van der Waals surface area contributed by atoms with Gasteiger partial charge in [-0.15, -0.1) is 4.40 Å². The highest BCUT2D eigenvalue weighted by Gasteiger charge is 2.32. The van der Waals surface area contributed by atoms with Crippen molar-refractivity contribution in [2.75, 3.05) is 19.4 Å². The van der Waals surface area contributed by atoms with E-state index in [9.17, 15) is 26.4 Å². The Kier molecular flexibility index (Phi) is 7.76. The lowest BCUT2D eigenvalue weighted by atomic mass is 10.1. The van der Waals surface area contributed by atoms with Crippen molar-refractivity contribution in [1.29, 1.82) is 0 Å². The predicted molar refractivity (Wildman–Crippen MR) is 126 cm³/mol. The number of nitrogens with zero attached hydrogens (tertiary/aromatic N) is 4. The molecule has 0 unspecified atom stereocenters. The third-order valence-corrected chi connectivity index (χ3v) is 6.09. The van der Waals surface area contributed by atoms with E-state index in [0.29, 0.717) is 16.8 Å². The van der Waals surface area contributed by atoms with Gasteiger partial charge in [0.25, 0.3) is 10.0 Å². The second-order valence-corrected chi connectivity index (χ2v) is 9.51. The lowest BCUT2D eigenvalue weighted by Gasteiger charge is -2.13. The molecule has 2 heterocycles. The number of carbonyl (C=O) groups is 1. The zero-order chi connectivity index (χ0) is 25.8. The van der Waals surface area contributed by atoms with Crippen molar-refractivity contribution in [2.24, 2.45) is 4.40 Å². The second-order valence-electron chi connectivity index (χ2n) is 7.51. The van der Waals surface area contributed by atoms with Crippen LogP contribution in [0.15, 0.2) is 64.3 Å². The molecule has 0 saturated carbocycles. The molecule has 0 radical (unpaired) electrons. The number of anilines is 1. The van der Waals surface area contributed by atoms with E-state index in [-0.39, 0.29) is 23.4 Å². The number of aromatic nitrogens is 2. The highest BCUT2D eigenvalue weighted by atomic mass is 35.5. The summed E-state index contributed by atoms with van der Waals surface area (Å²) in [7, 11) is -1.34. The van der Waals surface area contributed by atoms with Crippen LogP contribution in [0.5, 0.6) is 0 Å². The van der Waals surface area contributed by atoms with Gasteiger partial charge in [0.2, 0.25) is 5.91 Å². The van der Waals surface area contributed by atoms with Crippen LogP contribution in [0.4, 0.5) is 18.9 Å². The summed E-state index contributed by atoms with van der Waals surface area (Å²) >= 11 is 6.07. The molecule has 0 aliphatic carbocycles. The highest BCUT2D eigenvalue weighted by Crippen LogP contribution is 2.34. The smallest absolute Gasteiger partial charge is 0.368 e. The Morgan fingerprint density at radius 1 is 1.17 bits per heavy atom. The summed E-state index contributed by atoms with van der Waals surface area (Å²) in [6.45, 7) is 0. The monoisotopic (exact) mass is 525 g/mol. The molecule has 2 aromatic heterocycles. The molecule has 0 fully saturated rings. The van der Waals surface area contributed by atoms with Crippen LogP contribution in [0, 0.1) is 0 Å². The number of sulfonamides is 1. The van der Waals surface area contributed by atoms with Crippen molar-refractivity contribution in [1.82, 2.24) is 14.9 Å². The van der Waals surface area contributed by atoms with E-state index in [1.54, 1.807) is 38.4 Å². The van der Waals surface area contributed by atoms with Gasteiger partial charge in [-0.3, -0.25) is 14.8 Å². The number of pyridine rings is 2. The topological polar surface area (TPSA) is 105 Å². The first kappa shape index (κ1) is 26.1. The average molecular weight is 526 g/mol. The van der Waals surface area contributed by atoms with Gasteiger partial charge < -0.3 is 10.2 Å². The summed E-state index contributed by atoms with van der Waals surface area (Å²) in [6, 6.07) is 8.52. The second kappa shape index (κ2) is 10.4. The SMILES string of the molecule is CN(C)/C=N/S(=O)(=O)c1cc(NC(=O)Cc2ccccc2Cl)cnc1-c1cncc(C(F)(F)F)c1. The van der Waals surface area contributed by atoms with Crippen molar-refractivity contribution in [3.63, 3.8) is 0 Å². The van der Waals surface area contributed by atoms with Crippen LogP contribution in [0.1, 0.15) is 11.1 Å². The Balaban J connectivity index is 2.04. The summed E-state index contributed by atoms with van der Waals surface area (Å²) < 4.78 is 69.0. The maximum absolute atomic E-state index is 13.2. The molecule has 184 valence electrons. The summed E-state index contributed by atoms with van der Waals surface area (Å²) in [5, 5.41) is 2.91. The van der Waals surface area contributed by atoms with Gasteiger partial charge in [-0.1, -0.05) is 29.8 Å². The highest BCUT2D eigenvalue weighted by molar-refractivity contribution is 7.90. The molecular formula is C22H19ClF3N5O3S. The maximum atomic E-state index is 13.2. The quantitative estimate of drug-likeness (QED) is 0.365. The minimum absolute atomic E-state index is 0.00404. The fraction of sp³-hybridized carbons (Fsp3) is 0.182. The minimum Gasteiger partial charge on any atom is -0.368 e. The third kappa shape index (κ3) is 6.76. The fourth-order valence-corrected chi connectivity index (χ4v) is 4.20. The van der Waals surface area contributed by atoms with E-state index in [0.717, 1.165) is 30.9 Å². The molecule has 3 aromatic rings. The van der Waals surface area contributed by atoms with Crippen molar-refractivity contribution in [3.8, 4) is 11.3 Å². The van der Waals surface area contributed by atoms with Crippen LogP contribution in [0.3, 0.4) is 0 Å². The van der Waals surface area contributed by atoms with E-state index in [1.165, 1.54) is 4.90 Å². The Bertz CT molecular complexity index is 1380. The minimum atomic E-state index is -4.70. The predicted octanol–water partition coefficient (Wildman–Crippen LogP) is 4.28. The number of hydrogen-bond acceptors (Lipinski definition) is 5. The summed E-state index contributed by atoms with van der Waals surface area (Å²) in [5.41, 5.74) is -1.01. The maximum Gasteiger partial charge on any atom is 0.417 e. The molecule has 35 heavy (non-hydrogen) atoms. The van der Waals surface area contributed by atoms with Crippen LogP contribution in [0.25, 0.3) is 11.3 Å². The zero-order valence-corrected chi connectivity index (χ0v) is 20.0. The normalized spacial score (nSPS) is 12.1. The number of nitrogens with one attached hydrogen (secondary N) is 1. The molecule has 0 atom stereocenters. The van der Waals surface area contributed by atoms with Gasteiger partial charge in [0.1, 0.15) is 11.2 Å². The molecule has 0 saturated heterocycles. The number of halogens is 4. The molecule has 0 bridgehead atoms. The van der Waals surface area contributed by atoms with Gasteiger partial charge >= 0.3 is 6.18 Å². The van der Waals surface area contributed by atoms with Crippen molar-refractivity contribution < 1.29 is 26.4 Å². The first-order valence-electron chi connectivity index (χ1n) is 9.89. The molecule has 0 aliphatic heterocycles. The van der Waals surface area contributed by atoms with Crippen LogP contribution < -0.4 is 5.32 Å². The standard InChI is InChI=1S/C22H19ClF3N5O3S/c1-31(2)13-29-35(33,34)19-9-17(30-20(32)8-14-5-3-4-6-18(14)23)12-28-21(19)15-7-16(11-27-10-15)22(24,25)26/h3-7,9-13H,8H2,1-2H3,(H,30,32)/b29-13+. The van der Waals surface area contributed by atoms with Gasteiger partial charge in [0.15, 0.2) is 0 Å². The van der Waals surface area contributed by atoms with Crippen LogP contribution in [0.2, 0.25) is 5.02 Å². The van der Waals surface area contributed by atoms with Gasteiger partial charge in [0, 0.05) is 37.1 Å². The number of rotatable bonds is 7. The van der Waals surface area contributed by atoms with E-state index in [2.05, 4.69) is 19.7 Å². The third-order valence-electron chi connectivity index (χ3n) is 4.48. The fourth-order valence-electron chi connectivity index (χ4n) is 2.88. The Morgan fingerprint density at radius 2 is 1.89 bits per heavy atom. The lowest BCUT2D eigenvalue weighted by molar-refractivity contribution is -0.137. The van der Waals surface area contributed by atoms with Crippen molar-refractivity contribution in [3.05, 3.63) is 71.1 Å². The molecular weight excluding hydrogens is 507 g/mol. The van der Waals surface area contributed by atoms with Crippen LogP contribution in [-0.4, -0.2) is 49.6 Å². The Morgan fingerprint density at radius 3 is 2.54 bits per heavy atom. The summed E-state index contributed by atoms with van der Waals surface area (Å²) in [6.07, 6.45) is -0.967.